The van der Waals surface area contributed by atoms with Gasteiger partial charge in [0, 0.05) is 19.1 Å². The first-order chi connectivity index (χ1) is 8.25. The Morgan fingerprint density at radius 2 is 1.59 bits per heavy atom. The van der Waals surface area contributed by atoms with Gasteiger partial charge >= 0.3 is 6.09 Å². The molecule has 0 unspecified atom stereocenters. The van der Waals surface area contributed by atoms with E-state index in [0.29, 0.717) is 6.04 Å². The maximum absolute atomic E-state index is 12.0. The van der Waals surface area contributed by atoms with E-state index in [-0.39, 0.29) is 12.2 Å². The van der Waals surface area contributed by atoms with Gasteiger partial charge in [-0.25, -0.2) is 4.79 Å². The molecule has 1 saturated heterocycles. The summed E-state index contributed by atoms with van der Waals surface area (Å²) in [5, 5.41) is 0. The molecule has 1 heterocycles. The van der Waals surface area contributed by atoms with Crippen molar-refractivity contribution in [1.29, 1.82) is 0 Å². The zero-order valence-corrected chi connectivity index (χ0v) is 10.6. The first-order valence-corrected chi connectivity index (χ1v) is 6.97. The van der Waals surface area contributed by atoms with Gasteiger partial charge in [-0.1, -0.05) is 12.8 Å². The van der Waals surface area contributed by atoms with E-state index in [1.165, 1.54) is 12.8 Å². The van der Waals surface area contributed by atoms with E-state index < -0.39 is 0 Å². The number of amides is 1. The standard InChI is InChI=1S/C13H24N2O2/c14-11-5-7-12(8-6-11)17-13(16)15-9-3-1-2-4-10-15/h11-12H,1-10,14H2. The lowest BCUT2D eigenvalue weighted by Crippen LogP contribution is -2.37. The summed E-state index contributed by atoms with van der Waals surface area (Å²) in [7, 11) is 0. The lowest BCUT2D eigenvalue weighted by atomic mass is 9.94. The van der Waals surface area contributed by atoms with Crippen molar-refractivity contribution < 1.29 is 9.53 Å². The van der Waals surface area contributed by atoms with Crippen LogP contribution in [0.1, 0.15) is 51.4 Å². The van der Waals surface area contributed by atoms with Crippen LogP contribution in [0.2, 0.25) is 0 Å². The van der Waals surface area contributed by atoms with Crippen molar-refractivity contribution in [1.82, 2.24) is 4.90 Å². The Balaban J connectivity index is 1.75. The Morgan fingerprint density at radius 1 is 1.00 bits per heavy atom. The van der Waals surface area contributed by atoms with Crippen molar-refractivity contribution in [3.8, 4) is 0 Å². The molecular formula is C13H24N2O2. The molecule has 1 aliphatic heterocycles. The molecule has 0 aromatic carbocycles. The van der Waals surface area contributed by atoms with Gasteiger partial charge in [-0.05, 0) is 38.5 Å². The molecule has 0 aromatic heterocycles. The maximum atomic E-state index is 12.0. The number of nitrogens with two attached hydrogens (primary N) is 1. The molecule has 2 fully saturated rings. The summed E-state index contributed by atoms with van der Waals surface area (Å²) in [5.74, 6) is 0. The first-order valence-electron chi connectivity index (χ1n) is 6.97. The topological polar surface area (TPSA) is 55.6 Å². The summed E-state index contributed by atoms with van der Waals surface area (Å²) >= 11 is 0. The van der Waals surface area contributed by atoms with Crippen molar-refractivity contribution in [2.75, 3.05) is 13.1 Å². The van der Waals surface area contributed by atoms with Gasteiger partial charge in [-0.2, -0.15) is 0 Å². The van der Waals surface area contributed by atoms with Crippen LogP contribution >= 0.6 is 0 Å². The predicted octanol–water partition coefficient (Wildman–Crippen LogP) is 2.27. The number of ether oxygens (including phenoxy) is 1. The largest absolute Gasteiger partial charge is 0.446 e. The summed E-state index contributed by atoms with van der Waals surface area (Å²) in [6, 6.07) is 0.308. The molecule has 2 aliphatic rings. The third-order valence-electron chi connectivity index (χ3n) is 3.85. The lowest BCUT2D eigenvalue weighted by Gasteiger charge is -2.28. The van der Waals surface area contributed by atoms with Crippen LogP contribution in [0, 0.1) is 0 Å². The number of carbonyl (C=O) groups excluding carboxylic acids is 1. The molecule has 17 heavy (non-hydrogen) atoms. The molecule has 4 nitrogen and oxygen atoms in total. The molecule has 1 amide bonds. The number of nitrogens with zero attached hydrogens (tertiary/aromatic N) is 1. The van der Waals surface area contributed by atoms with Crippen LogP contribution in [0.25, 0.3) is 0 Å². The summed E-state index contributed by atoms with van der Waals surface area (Å²) < 4.78 is 5.57. The Morgan fingerprint density at radius 3 is 2.18 bits per heavy atom. The first kappa shape index (κ1) is 12.7. The number of rotatable bonds is 1. The Kier molecular flexibility index (Phi) is 4.66. The van der Waals surface area contributed by atoms with Crippen LogP contribution in [-0.2, 0) is 4.74 Å². The average molecular weight is 240 g/mol. The molecule has 98 valence electrons. The molecule has 0 atom stereocenters. The summed E-state index contributed by atoms with van der Waals surface area (Å²) in [6.45, 7) is 1.73. The number of likely N-dealkylation sites (tertiary alicyclic amines) is 1. The highest BCUT2D eigenvalue weighted by atomic mass is 16.6. The summed E-state index contributed by atoms with van der Waals surface area (Å²) in [6.07, 6.45) is 8.54. The van der Waals surface area contributed by atoms with Gasteiger partial charge in [0.2, 0.25) is 0 Å². The van der Waals surface area contributed by atoms with Crippen molar-refractivity contribution in [2.45, 2.75) is 63.5 Å². The van der Waals surface area contributed by atoms with Gasteiger partial charge in [0.1, 0.15) is 6.10 Å². The molecule has 0 spiro atoms. The van der Waals surface area contributed by atoms with Crippen LogP contribution < -0.4 is 5.73 Å². The molecule has 0 bridgehead atoms. The van der Waals surface area contributed by atoms with Gasteiger partial charge in [0.05, 0.1) is 0 Å². The zero-order valence-electron chi connectivity index (χ0n) is 10.6. The van der Waals surface area contributed by atoms with E-state index in [2.05, 4.69) is 0 Å². The molecular weight excluding hydrogens is 216 g/mol. The third kappa shape index (κ3) is 3.87. The van der Waals surface area contributed by atoms with Crippen LogP contribution in [0.3, 0.4) is 0 Å². The molecule has 0 radical (unpaired) electrons. The second-order valence-electron chi connectivity index (χ2n) is 5.32. The molecule has 1 aliphatic carbocycles. The third-order valence-corrected chi connectivity index (χ3v) is 3.85. The highest BCUT2D eigenvalue weighted by Gasteiger charge is 2.24. The number of hydrogen-bond donors (Lipinski definition) is 1. The minimum Gasteiger partial charge on any atom is -0.446 e. The van der Waals surface area contributed by atoms with E-state index in [0.717, 1.165) is 51.6 Å². The second-order valence-corrected chi connectivity index (χ2v) is 5.32. The van der Waals surface area contributed by atoms with Crippen LogP contribution in [-0.4, -0.2) is 36.2 Å². The minimum atomic E-state index is -0.104. The fourth-order valence-corrected chi connectivity index (χ4v) is 2.68. The Labute approximate surface area is 103 Å². The quantitative estimate of drug-likeness (QED) is 0.765. The van der Waals surface area contributed by atoms with Gasteiger partial charge in [0.25, 0.3) is 0 Å². The number of hydrogen-bond acceptors (Lipinski definition) is 3. The number of carbonyl (C=O) groups is 1. The fourth-order valence-electron chi connectivity index (χ4n) is 2.68. The molecule has 1 saturated carbocycles. The van der Waals surface area contributed by atoms with Crippen molar-refractivity contribution in [2.24, 2.45) is 5.73 Å². The molecule has 2 rings (SSSR count). The smallest absolute Gasteiger partial charge is 0.410 e. The fraction of sp³-hybridized carbons (Fsp3) is 0.923. The average Bonchev–Trinajstić information content (AvgIpc) is 2.61. The maximum Gasteiger partial charge on any atom is 0.410 e. The zero-order chi connectivity index (χ0) is 12.1. The van der Waals surface area contributed by atoms with E-state index in [4.69, 9.17) is 10.5 Å². The highest BCUT2D eigenvalue weighted by molar-refractivity contribution is 5.67. The van der Waals surface area contributed by atoms with Crippen molar-refractivity contribution in [3.63, 3.8) is 0 Å². The van der Waals surface area contributed by atoms with Gasteiger partial charge in [0.15, 0.2) is 0 Å². The monoisotopic (exact) mass is 240 g/mol. The van der Waals surface area contributed by atoms with E-state index in [1.807, 2.05) is 4.90 Å². The van der Waals surface area contributed by atoms with Crippen molar-refractivity contribution in [3.05, 3.63) is 0 Å². The normalized spacial score (nSPS) is 30.8. The van der Waals surface area contributed by atoms with Gasteiger partial charge < -0.3 is 15.4 Å². The molecule has 2 N–H and O–H groups in total. The van der Waals surface area contributed by atoms with Crippen LogP contribution in [0.4, 0.5) is 4.79 Å². The summed E-state index contributed by atoms with van der Waals surface area (Å²) in [5.41, 5.74) is 5.84. The molecule has 4 heteroatoms. The Bertz CT molecular complexity index is 242. The minimum absolute atomic E-state index is 0.102. The van der Waals surface area contributed by atoms with Crippen molar-refractivity contribution >= 4 is 6.09 Å². The summed E-state index contributed by atoms with van der Waals surface area (Å²) in [4.78, 5) is 13.8. The highest BCUT2D eigenvalue weighted by Crippen LogP contribution is 2.21. The second kappa shape index (κ2) is 6.24. The van der Waals surface area contributed by atoms with E-state index >= 15 is 0 Å². The van der Waals surface area contributed by atoms with Crippen LogP contribution in [0.15, 0.2) is 0 Å². The van der Waals surface area contributed by atoms with E-state index in [9.17, 15) is 4.79 Å². The van der Waals surface area contributed by atoms with Gasteiger partial charge in [-0.3, -0.25) is 0 Å². The van der Waals surface area contributed by atoms with Crippen LogP contribution in [0.5, 0.6) is 0 Å². The molecule has 0 aromatic rings. The Hall–Kier alpha value is -0.770. The van der Waals surface area contributed by atoms with Gasteiger partial charge in [-0.15, -0.1) is 0 Å². The van der Waals surface area contributed by atoms with E-state index in [1.54, 1.807) is 0 Å². The predicted molar refractivity (Wildman–Crippen MR) is 66.8 cm³/mol. The SMILES string of the molecule is NC1CCC(OC(=O)N2CCCCCC2)CC1. The lowest BCUT2D eigenvalue weighted by molar-refractivity contribution is 0.0440.